The second kappa shape index (κ2) is 3.34. The van der Waals surface area contributed by atoms with Crippen LogP contribution in [-0.4, -0.2) is 18.0 Å². The zero-order valence-electron chi connectivity index (χ0n) is 9.61. The Bertz CT molecular complexity index is 359. The van der Waals surface area contributed by atoms with Gasteiger partial charge in [0, 0.05) is 19.6 Å². The molecule has 1 aromatic rings. The number of hydrogen-bond donors (Lipinski definition) is 0. The summed E-state index contributed by atoms with van der Waals surface area (Å²) in [6, 6.07) is 8.91. The van der Waals surface area contributed by atoms with E-state index in [9.17, 15) is 0 Å². The van der Waals surface area contributed by atoms with Crippen LogP contribution in [0.1, 0.15) is 18.1 Å². The summed E-state index contributed by atoms with van der Waals surface area (Å²) >= 11 is 0. The van der Waals surface area contributed by atoms with Gasteiger partial charge in [-0.3, -0.25) is 4.90 Å². The molecule has 1 nitrogen and oxygen atoms in total. The molecule has 2 atom stereocenters. The first-order valence-electron chi connectivity index (χ1n) is 6.02. The Hall–Kier alpha value is -0.820. The van der Waals surface area contributed by atoms with Crippen LogP contribution >= 0.6 is 0 Å². The van der Waals surface area contributed by atoms with Crippen molar-refractivity contribution in [2.75, 3.05) is 13.1 Å². The molecule has 1 saturated heterocycles. The van der Waals surface area contributed by atoms with Crippen LogP contribution in [0.3, 0.4) is 0 Å². The molecule has 0 amide bonds. The molecule has 1 saturated carbocycles. The number of piperidine rings is 1. The molecule has 2 aliphatic rings. The molecule has 1 aliphatic heterocycles. The van der Waals surface area contributed by atoms with E-state index in [1.54, 1.807) is 0 Å². The zero-order valence-corrected chi connectivity index (χ0v) is 9.61. The summed E-state index contributed by atoms with van der Waals surface area (Å²) in [5, 5.41) is 0. The monoisotopic (exact) mass is 201 g/mol. The predicted molar refractivity (Wildman–Crippen MR) is 62.6 cm³/mol. The molecule has 1 heteroatoms. The minimum atomic E-state index is 1.01. The van der Waals surface area contributed by atoms with Crippen LogP contribution in [0.25, 0.3) is 0 Å². The third kappa shape index (κ3) is 1.69. The molecule has 2 unspecified atom stereocenters. The average molecular weight is 201 g/mol. The first-order chi connectivity index (χ1) is 7.24. The Morgan fingerprint density at radius 2 is 2.00 bits per heavy atom. The first-order valence-corrected chi connectivity index (χ1v) is 6.02. The van der Waals surface area contributed by atoms with Crippen LogP contribution in [-0.2, 0) is 6.54 Å². The van der Waals surface area contributed by atoms with Crippen molar-refractivity contribution >= 4 is 0 Å². The van der Waals surface area contributed by atoms with E-state index < -0.39 is 0 Å². The lowest BCUT2D eigenvalue weighted by molar-refractivity contribution is 0.281. The van der Waals surface area contributed by atoms with Crippen molar-refractivity contribution in [3.05, 3.63) is 35.4 Å². The molecule has 2 fully saturated rings. The topological polar surface area (TPSA) is 3.24 Å². The van der Waals surface area contributed by atoms with Crippen molar-refractivity contribution in [1.82, 2.24) is 4.90 Å². The van der Waals surface area contributed by atoms with E-state index in [4.69, 9.17) is 0 Å². The van der Waals surface area contributed by atoms with Crippen molar-refractivity contribution in [3.63, 3.8) is 0 Å². The van der Waals surface area contributed by atoms with E-state index in [1.807, 2.05) is 0 Å². The Morgan fingerprint density at radius 1 is 1.27 bits per heavy atom. The lowest BCUT2D eigenvalue weighted by Gasteiger charge is -2.18. The van der Waals surface area contributed by atoms with Crippen LogP contribution in [0.2, 0.25) is 0 Å². The minimum absolute atomic E-state index is 1.01. The van der Waals surface area contributed by atoms with Crippen LogP contribution in [0.5, 0.6) is 0 Å². The molecule has 0 spiro atoms. The summed E-state index contributed by atoms with van der Waals surface area (Å²) < 4.78 is 0. The van der Waals surface area contributed by atoms with Gasteiger partial charge >= 0.3 is 0 Å². The van der Waals surface area contributed by atoms with Gasteiger partial charge in [0.05, 0.1) is 0 Å². The summed E-state index contributed by atoms with van der Waals surface area (Å²) in [6.07, 6.45) is 0. The number of hydrogen-bond acceptors (Lipinski definition) is 1. The molecule has 0 bridgehead atoms. The fourth-order valence-corrected chi connectivity index (χ4v) is 3.11. The molecule has 1 heterocycles. The van der Waals surface area contributed by atoms with E-state index in [1.165, 1.54) is 24.2 Å². The van der Waals surface area contributed by atoms with Gasteiger partial charge < -0.3 is 0 Å². The fourth-order valence-electron chi connectivity index (χ4n) is 3.11. The number of likely N-dealkylation sites (tertiary alicyclic amines) is 1. The quantitative estimate of drug-likeness (QED) is 0.711. The summed E-state index contributed by atoms with van der Waals surface area (Å²) in [5.74, 6) is 3.06. The first kappa shape index (κ1) is 9.41. The number of benzene rings is 1. The molecule has 0 N–H and O–H groups in total. The van der Waals surface area contributed by atoms with Gasteiger partial charge in [-0.2, -0.15) is 0 Å². The molecule has 0 radical (unpaired) electrons. The molecular formula is C14H19N. The fraction of sp³-hybridized carbons (Fsp3) is 0.571. The van der Waals surface area contributed by atoms with Gasteiger partial charge in [0.1, 0.15) is 0 Å². The Kier molecular flexibility index (Phi) is 2.10. The van der Waals surface area contributed by atoms with Crippen molar-refractivity contribution < 1.29 is 0 Å². The van der Waals surface area contributed by atoms with Crippen molar-refractivity contribution in [2.24, 2.45) is 17.8 Å². The molecule has 0 aromatic heterocycles. The molecule has 3 rings (SSSR count). The highest BCUT2D eigenvalue weighted by atomic mass is 15.2. The number of fused-ring (bicyclic) bond motifs is 1. The third-order valence-corrected chi connectivity index (χ3v) is 4.19. The van der Waals surface area contributed by atoms with E-state index in [0.717, 1.165) is 24.3 Å². The maximum atomic E-state index is 2.62. The molecule has 1 aromatic carbocycles. The third-order valence-electron chi connectivity index (χ3n) is 4.19. The minimum Gasteiger partial charge on any atom is -0.298 e. The summed E-state index contributed by atoms with van der Waals surface area (Å²) in [6.45, 7) is 8.40. The number of rotatable bonds is 2. The Balaban J connectivity index is 1.63. The standard InChI is InChI=1S/C14H19N/c1-10-4-3-5-12(6-10)7-15-8-13-11(2)14(13)9-15/h3-6,11,13-14H,7-9H2,1-2H3. The highest BCUT2D eigenvalue weighted by Gasteiger charge is 2.52. The van der Waals surface area contributed by atoms with Crippen molar-refractivity contribution in [3.8, 4) is 0 Å². The maximum absolute atomic E-state index is 2.62. The average Bonchev–Trinajstić information content (AvgIpc) is 2.63. The second-order valence-electron chi connectivity index (χ2n) is 5.37. The molecule has 80 valence electrons. The lowest BCUT2D eigenvalue weighted by Crippen LogP contribution is -2.23. The van der Waals surface area contributed by atoms with Gasteiger partial charge in [-0.05, 0) is 30.2 Å². The summed E-state index contributed by atoms with van der Waals surface area (Å²) in [7, 11) is 0. The van der Waals surface area contributed by atoms with Gasteiger partial charge in [-0.15, -0.1) is 0 Å². The molecule has 1 aliphatic carbocycles. The Labute approximate surface area is 92.1 Å². The predicted octanol–water partition coefficient (Wildman–Crippen LogP) is 2.69. The van der Waals surface area contributed by atoms with Gasteiger partial charge in [0.15, 0.2) is 0 Å². The van der Waals surface area contributed by atoms with E-state index >= 15 is 0 Å². The van der Waals surface area contributed by atoms with E-state index in [0.29, 0.717) is 0 Å². The number of aryl methyl sites for hydroxylation is 1. The highest BCUT2D eigenvalue weighted by Crippen LogP contribution is 2.51. The lowest BCUT2D eigenvalue weighted by atomic mass is 10.1. The summed E-state index contributed by atoms with van der Waals surface area (Å²) in [4.78, 5) is 2.62. The molecule has 15 heavy (non-hydrogen) atoms. The Morgan fingerprint density at radius 3 is 2.67 bits per heavy atom. The van der Waals surface area contributed by atoms with E-state index in [2.05, 4.69) is 43.0 Å². The largest absolute Gasteiger partial charge is 0.298 e. The second-order valence-corrected chi connectivity index (χ2v) is 5.37. The van der Waals surface area contributed by atoms with Crippen LogP contribution in [0.4, 0.5) is 0 Å². The zero-order chi connectivity index (χ0) is 10.4. The maximum Gasteiger partial charge on any atom is 0.0234 e. The van der Waals surface area contributed by atoms with Gasteiger partial charge in [0.2, 0.25) is 0 Å². The van der Waals surface area contributed by atoms with E-state index in [-0.39, 0.29) is 0 Å². The van der Waals surface area contributed by atoms with Crippen LogP contribution < -0.4 is 0 Å². The van der Waals surface area contributed by atoms with Gasteiger partial charge in [0.25, 0.3) is 0 Å². The smallest absolute Gasteiger partial charge is 0.0234 e. The van der Waals surface area contributed by atoms with Crippen LogP contribution in [0.15, 0.2) is 24.3 Å². The van der Waals surface area contributed by atoms with Gasteiger partial charge in [-0.25, -0.2) is 0 Å². The SMILES string of the molecule is Cc1cccc(CN2CC3C(C)C3C2)c1. The normalized spacial score (nSPS) is 34.1. The molecular weight excluding hydrogens is 182 g/mol. The van der Waals surface area contributed by atoms with Crippen molar-refractivity contribution in [2.45, 2.75) is 20.4 Å². The van der Waals surface area contributed by atoms with Crippen molar-refractivity contribution in [1.29, 1.82) is 0 Å². The highest BCUT2D eigenvalue weighted by molar-refractivity contribution is 5.22. The van der Waals surface area contributed by atoms with Crippen LogP contribution in [0, 0.1) is 24.7 Å². The van der Waals surface area contributed by atoms with Gasteiger partial charge in [-0.1, -0.05) is 36.8 Å². The number of nitrogens with zero attached hydrogens (tertiary/aromatic N) is 1. The summed E-state index contributed by atoms with van der Waals surface area (Å²) in [5.41, 5.74) is 2.86.